The maximum Gasteiger partial charge on any atom is 0.416 e. The van der Waals surface area contributed by atoms with Crippen LogP contribution in [0.2, 0.25) is 0 Å². The Morgan fingerprint density at radius 1 is 1.00 bits per heavy atom. The second-order valence-electron chi connectivity index (χ2n) is 6.34. The second-order valence-corrected chi connectivity index (χ2v) is 6.34. The van der Waals surface area contributed by atoms with Gasteiger partial charge in [0.2, 0.25) is 0 Å². The van der Waals surface area contributed by atoms with Crippen molar-refractivity contribution in [3.63, 3.8) is 0 Å². The van der Waals surface area contributed by atoms with Crippen molar-refractivity contribution in [2.45, 2.75) is 44.2 Å². The van der Waals surface area contributed by atoms with Gasteiger partial charge in [-0.2, -0.15) is 13.2 Å². The molecular formula is C17H23F3N2. The predicted octanol–water partition coefficient (Wildman–Crippen LogP) is 4.16. The monoisotopic (exact) mass is 312 g/mol. The number of benzene rings is 1. The van der Waals surface area contributed by atoms with E-state index in [1.54, 1.807) is 6.07 Å². The molecule has 2 aliphatic rings. The molecule has 1 aromatic carbocycles. The van der Waals surface area contributed by atoms with Crippen LogP contribution in [0.3, 0.4) is 0 Å². The highest BCUT2D eigenvalue weighted by molar-refractivity contribution is 5.58. The van der Waals surface area contributed by atoms with Crippen molar-refractivity contribution in [2.24, 2.45) is 0 Å². The Morgan fingerprint density at radius 3 is 2.32 bits per heavy atom. The summed E-state index contributed by atoms with van der Waals surface area (Å²) in [5.74, 6) is 0.375. The van der Waals surface area contributed by atoms with E-state index in [9.17, 15) is 13.2 Å². The quantitative estimate of drug-likeness (QED) is 0.882. The molecule has 2 saturated heterocycles. The van der Waals surface area contributed by atoms with Crippen LogP contribution < -0.4 is 10.2 Å². The Kier molecular flexibility index (Phi) is 4.62. The van der Waals surface area contributed by atoms with Gasteiger partial charge < -0.3 is 10.2 Å². The molecule has 0 aromatic heterocycles. The van der Waals surface area contributed by atoms with Crippen molar-refractivity contribution < 1.29 is 13.2 Å². The van der Waals surface area contributed by atoms with Gasteiger partial charge in [0.25, 0.3) is 0 Å². The highest BCUT2D eigenvalue weighted by atomic mass is 19.4. The molecule has 5 heteroatoms. The molecule has 0 atom stereocenters. The lowest BCUT2D eigenvalue weighted by Gasteiger charge is -2.34. The molecule has 0 amide bonds. The smallest absolute Gasteiger partial charge is 0.371 e. The van der Waals surface area contributed by atoms with Crippen LogP contribution in [-0.4, -0.2) is 26.2 Å². The Labute approximate surface area is 129 Å². The first kappa shape index (κ1) is 15.7. The standard InChI is InChI=1S/C17H23F3N2/c18-17(19,20)14-4-5-15(13-6-8-21-9-7-13)16(12-14)22-10-2-1-3-11-22/h4-5,12-13,21H,1-3,6-11H2. The molecule has 2 aliphatic heterocycles. The number of halogens is 3. The molecule has 122 valence electrons. The van der Waals surface area contributed by atoms with Crippen LogP contribution in [0.5, 0.6) is 0 Å². The van der Waals surface area contributed by atoms with E-state index >= 15 is 0 Å². The van der Waals surface area contributed by atoms with Crippen molar-refractivity contribution >= 4 is 5.69 Å². The Balaban J connectivity index is 1.96. The summed E-state index contributed by atoms with van der Waals surface area (Å²) in [6.45, 7) is 3.65. The maximum atomic E-state index is 13.1. The lowest BCUT2D eigenvalue weighted by molar-refractivity contribution is -0.137. The van der Waals surface area contributed by atoms with Crippen molar-refractivity contribution in [3.05, 3.63) is 29.3 Å². The molecule has 0 radical (unpaired) electrons. The number of nitrogens with one attached hydrogen (secondary N) is 1. The van der Waals surface area contributed by atoms with Crippen LogP contribution in [0, 0.1) is 0 Å². The van der Waals surface area contributed by atoms with Crippen LogP contribution >= 0.6 is 0 Å². The molecule has 2 nitrogen and oxygen atoms in total. The molecule has 0 unspecified atom stereocenters. The molecule has 1 N–H and O–H groups in total. The Bertz CT molecular complexity index is 501. The van der Waals surface area contributed by atoms with E-state index in [0.717, 1.165) is 63.1 Å². The van der Waals surface area contributed by atoms with Gasteiger partial charge in [0.05, 0.1) is 5.56 Å². The summed E-state index contributed by atoms with van der Waals surface area (Å²) in [6, 6.07) is 4.36. The topological polar surface area (TPSA) is 15.3 Å². The third kappa shape index (κ3) is 3.40. The molecule has 2 heterocycles. The van der Waals surface area contributed by atoms with E-state index in [1.807, 2.05) is 0 Å². The summed E-state index contributed by atoms with van der Waals surface area (Å²) in [4.78, 5) is 2.16. The van der Waals surface area contributed by atoms with Gasteiger partial charge in [-0.1, -0.05) is 6.07 Å². The molecule has 1 aromatic rings. The minimum Gasteiger partial charge on any atom is -0.371 e. The molecular weight excluding hydrogens is 289 g/mol. The third-order valence-corrected chi connectivity index (χ3v) is 4.83. The van der Waals surface area contributed by atoms with Gasteiger partial charge in [0, 0.05) is 18.8 Å². The van der Waals surface area contributed by atoms with Crippen LogP contribution in [-0.2, 0) is 6.18 Å². The highest BCUT2D eigenvalue weighted by Gasteiger charge is 2.32. The predicted molar refractivity (Wildman–Crippen MR) is 82.4 cm³/mol. The number of hydrogen-bond donors (Lipinski definition) is 1. The fraction of sp³-hybridized carbons (Fsp3) is 0.647. The number of alkyl halides is 3. The molecule has 0 saturated carbocycles. The molecule has 3 rings (SSSR count). The number of rotatable bonds is 2. The summed E-state index contributed by atoms with van der Waals surface area (Å²) in [5.41, 5.74) is 1.41. The summed E-state index contributed by atoms with van der Waals surface area (Å²) >= 11 is 0. The normalized spacial score (nSPS) is 21.1. The van der Waals surface area contributed by atoms with E-state index in [4.69, 9.17) is 0 Å². The van der Waals surface area contributed by atoms with E-state index < -0.39 is 11.7 Å². The van der Waals surface area contributed by atoms with Gasteiger partial charge >= 0.3 is 6.18 Å². The molecule has 2 fully saturated rings. The minimum atomic E-state index is -4.27. The number of hydrogen-bond acceptors (Lipinski definition) is 2. The first-order valence-corrected chi connectivity index (χ1v) is 8.22. The summed E-state index contributed by atoms with van der Waals surface area (Å²) in [5, 5.41) is 3.33. The summed E-state index contributed by atoms with van der Waals surface area (Å²) < 4.78 is 39.2. The van der Waals surface area contributed by atoms with Gasteiger partial charge in [-0.05, 0) is 68.8 Å². The lowest BCUT2D eigenvalue weighted by Crippen LogP contribution is -2.32. The van der Waals surface area contributed by atoms with E-state index in [0.29, 0.717) is 5.92 Å². The second kappa shape index (κ2) is 6.49. The number of nitrogens with zero attached hydrogens (tertiary/aromatic N) is 1. The van der Waals surface area contributed by atoms with Crippen molar-refractivity contribution in [1.82, 2.24) is 5.32 Å². The van der Waals surface area contributed by atoms with Gasteiger partial charge in [-0.15, -0.1) is 0 Å². The van der Waals surface area contributed by atoms with Crippen LogP contribution in [0.25, 0.3) is 0 Å². The SMILES string of the molecule is FC(F)(F)c1ccc(C2CCNCC2)c(N2CCCCC2)c1. The Morgan fingerprint density at radius 2 is 1.68 bits per heavy atom. The van der Waals surface area contributed by atoms with Crippen molar-refractivity contribution in [3.8, 4) is 0 Å². The Hall–Kier alpha value is -1.23. The van der Waals surface area contributed by atoms with Crippen molar-refractivity contribution in [1.29, 1.82) is 0 Å². The van der Waals surface area contributed by atoms with Crippen LogP contribution in [0.1, 0.15) is 49.1 Å². The maximum absolute atomic E-state index is 13.1. The molecule has 0 spiro atoms. The lowest BCUT2D eigenvalue weighted by atomic mass is 9.87. The van der Waals surface area contributed by atoms with Crippen LogP contribution in [0.4, 0.5) is 18.9 Å². The van der Waals surface area contributed by atoms with Gasteiger partial charge in [0.1, 0.15) is 0 Å². The molecule has 0 bridgehead atoms. The first-order valence-electron chi connectivity index (χ1n) is 8.22. The van der Waals surface area contributed by atoms with Crippen LogP contribution in [0.15, 0.2) is 18.2 Å². The average Bonchev–Trinajstić information content (AvgIpc) is 2.55. The van der Waals surface area contributed by atoms with Crippen molar-refractivity contribution in [2.75, 3.05) is 31.1 Å². The first-order chi connectivity index (χ1) is 10.6. The largest absolute Gasteiger partial charge is 0.416 e. The fourth-order valence-corrected chi connectivity index (χ4v) is 3.61. The highest BCUT2D eigenvalue weighted by Crippen LogP contribution is 2.39. The fourth-order valence-electron chi connectivity index (χ4n) is 3.61. The minimum absolute atomic E-state index is 0.375. The molecule has 0 aliphatic carbocycles. The third-order valence-electron chi connectivity index (χ3n) is 4.83. The van der Waals surface area contributed by atoms with E-state index in [-0.39, 0.29) is 0 Å². The number of piperidine rings is 2. The zero-order valence-corrected chi connectivity index (χ0v) is 12.8. The zero-order valence-electron chi connectivity index (χ0n) is 12.8. The van der Waals surface area contributed by atoms with Gasteiger partial charge in [-0.25, -0.2) is 0 Å². The summed E-state index contributed by atoms with van der Waals surface area (Å²) in [6.07, 6.45) is 1.07. The molecule has 22 heavy (non-hydrogen) atoms. The van der Waals surface area contributed by atoms with Gasteiger partial charge in [-0.3, -0.25) is 0 Å². The van der Waals surface area contributed by atoms with E-state index in [1.165, 1.54) is 18.6 Å². The number of anilines is 1. The summed E-state index contributed by atoms with van der Waals surface area (Å²) in [7, 11) is 0. The zero-order chi connectivity index (χ0) is 15.6. The van der Waals surface area contributed by atoms with Gasteiger partial charge in [0.15, 0.2) is 0 Å². The average molecular weight is 312 g/mol. The van der Waals surface area contributed by atoms with E-state index in [2.05, 4.69) is 10.2 Å².